The van der Waals surface area contributed by atoms with Gasteiger partial charge in [0.25, 0.3) is 0 Å². The van der Waals surface area contributed by atoms with Gasteiger partial charge in [-0.3, -0.25) is 0 Å². The molecule has 0 aliphatic carbocycles. The zero-order valence-corrected chi connectivity index (χ0v) is 7.14. The molecule has 2 unspecified atom stereocenters. The highest BCUT2D eigenvalue weighted by Gasteiger charge is 2.34. The van der Waals surface area contributed by atoms with E-state index in [4.69, 9.17) is 0 Å². The van der Waals surface area contributed by atoms with Gasteiger partial charge in [0.05, 0.1) is 0 Å². The van der Waals surface area contributed by atoms with Crippen molar-refractivity contribution >= 4 is 0 Å². The number of nitrogens with one attached hydrogen (secondary N) is 1. The molecule has 2 saturated heterocycles. The molecule has 0 spiro atoms. The summed E-state index contributed by atoms with van der Waals surface area (Å²) >= 11 is 0. The number of rotatable bonds is 0. The Hall–Kier alpha value is -0.500. The van der Waals surface area contributed by atoms with E-state index in [1.807, 2.05) is 0 Å². The molecule has 2 nitrogen and oxygen atoms in total. The lowest BCUT2D eigenvalue weighted by molar-refractivity contribution is 0.366. The second kappa shape index (κ2) is 2.52. The maximum atomic E-state index is 4.05. The van der Waals surface area contributed by atoms with Crippen LogP contribution in [0.4, 0.5) is 0 Å². The van der Waals surface area contributed by atoms with Crippen molar-refractivity contribution < 1.29 is 0 Å². The van der Waals surface area contributed by atoms with Gasteiger partial charge in [0.15, 0.2) is 0 Å². The molecule has 2 aliphatic heterocycles. The van der Waals surface area contributed by atoms with E-state index in [0.29, 0.717) is 0 Å². The van der Waals surface area contributed by atoms with Gasteiger partial charge in [-0.05, 0) is 19.4 Å². The van der Waals surface area contributed by atoms with Gasteiger partial charge in [0, 0.05) is 31.2 Å². The van der Waals surface area contributed by atoms with E-state index in [2.05, 4.69) is 23.8 Å². The fourth-order valence-electron chi connectivity index (χ4n) is 2.32. The Kier molecular flexibility index (Phi) is 1.64. The molecule has 11 heavy (non-hydrogen) atoms. The lowest BCUT2D eigenvalue weighted by Gasteiger charge is -2.27. The molecule has 0 amide bonds. The summed E-state index contributed by atoms with van der Waals surface area (Å²) < 4.78 is 0. The molecule has 0 aromatic heterocycles. The Morgan fingerprint density at radius 3 is 3.09 bits per heavy atom. The third-order valence-corrected chi connectivity index (χ3v) is 2.94. The Labute approximate surface area is 68.3 Å². The van der Waals surface area contributed by atoms with Crippen LogP contribution in [-0.2, 0) is 0 Å². The van der Waals surface area contributed by atoms with Crippen molar-refractivity contribution in [3.05, 3.63) is 12.3 Å². The highest BCUT2D eigenvalue weighted by atomic mass is 15.1. The third-order valence-electron chi connectivity index (χ3n) is 2.94. The Morgan fingerprint density at radius 1 is 1.55 bits per heavy atom. The van der Waals surface area contributed by atoms with Crippen LogP contribution < -0.4 is 5.32 Å². The minimum atomic E-state index is 0.730. The van der Waals surface area contributed by atoms with E-state index in [9.17, 15) is 0 Å². The Bertz CT molecular complexity index is 176. The summed E-state index contributed by atoms with van der Waals surface area (Å²) in [4.78, 5) is 2.41. The summed E-state index contributed by atoms with van der Waals surface area (Å²) in [5.41, 5.74) is 1.27. The van der Waals surface area contributed by atoms with Crippen LogP contribution in [-0.4, -0.2) is 31.6 Å². The van der Waals surface area contributed by atoms with Gasteiger partial charge in [0.1, 0.15) is 0 Å². The maximum Gasteiger partial charge on any atom is 0.0149 e. The third kappa shape index (κ3) is 1.16. The molecule has 1 N–H and O–H groups in total. The molecule has 62 valence electrons. The van der Waals surface area contributed by atoms with Gasteiger partial charge < -0.3 is 10.2 Å². The number of likely N-dealkylation sites (tertiary alicyclic amines) is 1. The van der Waals surface area contributed by atoms with Gasteiger partial charge in [-0.15, -0.1) is 0 Å². The predicted octanol–water partition coefficient (Wildman–Crippen LogP) is 0.671. The average Bonchev–Trinajstić information content (AvgIpc) is 2.31. The van der Waals surface area contributed by atoms with Gasteiger partial charge in [-0.2, -0.15) is 0 Å². The molecule has 2 atom stereocenters. The number of piperidine rings is 1. The molecule has 2 heteroatoms. The van der Waals surface area contributed by atoms with Crippen molar-refractivity contribution in [2.24, 2.45) is 11.8 Å². The van der Waals surface area contributed by atoms with Crippen LogP contribution in [0.3, 0.4) is 0 Å². The molecule has 0 aromatic carbocycles. The lowest BCUT2D eigenvalue weighted by atomic mass is 9.87. The van der Waals surface area contributed by atoms with Crippen LogP contribution in [0.15, 0.2) is 12.3 Å². The summed E-state index contributed by atoms with van der Waals surface area (Å²) in [6.07, 6.45) is 1.33. The summed E-state index contributed by atoms with van der Waals surface area (Å²) in [7, 11) is 2.20. The van der Waals surface area contributed by atoms with Crippen molar-refractivity contribution in [1.82, 2.24) is 10.2 Å². The second-order valence-corrected chi connectivity index (χ2v) is 3.83. The summed E-state index contributed by atoms with van der Waals surface area (Å²) in [5.74, 6) is 1.61. The number of nitrogens with zero attached hydrogens (tertiary/aromatic N) is 1. The molecule has 2 aliphatic rings. The van der Waals surface area contributed by atoms with E-state index in [-0.39, 0.29) is 0 Å². The molecule has 0 bridgehead atoms. The van der Waals surface area contributed by atoms with Crippen LogP contribution in [0, 0.1) is 11.8 Å². The first kappa shape index (κ1) is 7.17. The monoisotopic (exact) mass is 152 g/mol. The largest absolute Gasteiger partial charge is 0.389 e. The van der Waals surface area contributed by atoms with E-state index >= 15 is 0 Å². The Balaban J connectivity index is 2.09. The van der Waals surface area contributed by atoms with Crippen molar-refractivity contribution in [3.63, 3.8) is 0 Å². The molecule has 0 radical (unpaired) electrons. The highest BCUT2D eigenvalue weighted by molar-refractivity contribution is 5.08. The zero-order valence-electron chi connectivity index (χ0n) is 7.14. The van der Waals surface area contributed by atoms with Crippen LogP contribution in [0.1, 0.15) is 6.42 Å². The smallest absolute Gasteiger partial charge is 0.0149 e. The summed E-state index contributed by atoms with van der Waals surface area (Å²) in [6, 6.07) is 0. The first-order valence-electron chi connectivity index (χ1n) is 4.38. The van der Waals surface area contributed by atoms with E-state index in [1.165, 1.54) is 25.2 Å². The van der Waals surface area contributed by atoms with Crippen LogP contribution >= 0.6 is 0 Å². The topological polar surface area (TPSA) is 15.3 Å². The molecular weight excluding hydrogens is 136 g/mol. The highest BCUT2D eigenvalue weighted by Crippen LogP contribution is 2.31. The first-order valence-corrected chi connectivity index (χ1v) is 4.38. The summed E-state index contributed by atoms with van der Waals surface area (Å²) in [5, 5.41) is 3.35. The van der Waals surface area contributed by atoms with Crippen molar-refractivity contribution in [2.75, 3.05) is 26.7 Å². The number of hydrogen-bond donors (Lipinski definition) is 1. The van der Waals surface area contributed by atoms with Crippen LogP contribution in [0.25, 0.3) is 0 Å². The number of fused-ring (bicyclic) bond motifs is 1. The minimum absolute atomic E-state index is 0.730. The second-order valence-electron chi connectivity index (χ2n) is 3.83. The fourth-order valence-corrected chi connectivity index (χ4v) is 2.32. The SMILES string of the molecule is C=C1NCCC2CN(C)CC12. The maximum absolute atomic E-state index is 4.05. The molecule has 2 rings (SSSR count). The lowest BCUT2D eigenvalue weighted by Crippen LogP contribution is -2.33. The molecule has 0 aromatic rings. The van der Waals surface area contributed by atoms with Crippen molar-refractivity contribution in [1.29, 1.82) is 0 Å². The quantitative estimate of drug-likeness (QED) is 0.549. The average molecular weight is 152 g/mol. The van der Waals surface area contributed by atoms with Gasteiger partial charge in [-0.1, -0.05) is 6.58 Å². The molecule has 2 fully saturated rings. The van der Waals surface area contributed by atoms with Crippen LogP contribution in [0.5, 0.6) is 0 Å². The van der Waals surface area contributed by atoms with E-state index in [0.717, 1.165) is 18.4 Å². The van der Waals surface area contributed by atoms with E-state index in [1.54, 1.807) is 0 Å². The van der Waals surface area contributed by atoms with Crippen molar-refractivity contribution in [2.45, 2.75) is 6.42 Å². The van der Waals surface area contributed by atoms with Gasteiger partial charge in [-0.25, -0.2) is 0 Å². The van der Waals surface area contributed by atoms with Crippen molar-refractivity contribution in [3.8, 4) is 0 Å². The fraction of sp³-hybridized carbons (Fsp3) is 0.778. The zero-order chi connectivity index (χ0) is 7.84. The van der Waals surface area contributed by atoms with Gasteiger partial charge in [0.2, 0.25) is 0 Å². The standard InChI is InChI=1S/C9H16N2/c1-7-9-6-11(2)5-8(9)3-4-10-7/h8-10H,1,3-6H2,2H3. The molecule has 0 saturated carbocycles. The normalized spacial score (nSPS) is 38.5. The van der Waals surface area contributed by atoms with Crippen LogP contribution in [0.2, 0.25) is 0 Å². The number of hydrogen-bond acceptors (Lipinski definition) is 2. The summed E-state index contributed by atoms with van der Waals surface area (Å²) in [6.45, 7) is 7.66. The van der Waals surface area contributed by atoms with Gasteiger partial charge >= 0.3 is 0 Å². The van der Waals surface area contributed by atoms with E-state index < -0.39 is 0 Å². The molecular formula is C9H16N2. The Morgan fingerprint density at radius 2 is 2.36 bits per heavy atom. The first-order chi connectivity index (χ1) is 5.27. The predicted molar refractivity (Wildman–Crippen MR) is 46.2 cm³/mol. The molecule has 2 heterocycles. The minimum Gasteiger partial charge on any atom is -0.389 e.